The molecular formula is C29H30ClFN2O3. The van der Waals surface area contributed by atoms with Crippen LogP contribution in [-0.2, 0) is 22.6 Å². The lowest BCUT2D eigenvalue weighted by atomic mass is 10.0. The van der Waals surface area contributed by atoms with Crippen LogP contribution in [-0.4, -0.2) is 35.4 Å². The summed E-state index contributed by atoms with van der Waals surface area (Å²) >= 11 is 6.19. The first kappa shape index (κ1) is 25.7. The summed E-state index contributed by atoms with van der Waals surface area (Å²) in [4.78, 5) is 28.6. The second-order valence-corrected chi connectivity index (χ2v) is 9.43. The Bertz CT molecular complexity index is 1170. The molecule has 0 aromatic heterocycles. The third kappa shape index (κ3) is 6.85. The van der Waals surface area contributed by atoms with Gasteiger partial charge in [-0.25, -0.2) is 4.39 Å². The molecule has 36 heavy (non-hydrogen) atoms. The number of ether oxygens (including phenoxy) is 1. The van der Waals surface area contributed by atoms with Crippen LogP contribution in [0.5, 0.6) is 5.75 Å². The molecule has 3 aromatic carbocycles. The van der Waals surface area contributed by atoms with Gasteiger partial charge in [0.05, 0.1) is 5.02 Å². The quantitative estimate of drug-likeness (QED) is 0.390. The van der Waals surface area contributed by atoms with E-state index < -0.39 is 17.8 Å². The van der Waals surface area contributed by atoms with Crippen LogP contribution >= 0.6 is 11.6 Å². The zero-order valence-corrected chi connectivity index (χ0v) is 20.8. The van der Waals surface area contributed by atoms with Crippen molar-refractivity contribution in [3.63, 3.8) is 0 Å². The maximum atomic E-state index is 14.6. The van der Waals surface area contributed by atoms with E-state index in [4.69, 9.17) is 16.3 Å². The summed E-state index contributed by atoms with van der Waals surface area (Å²) in [6, 6.07) is 21.9. The molecule has 0 saturated heterocycles. The standard InChI is InChI=1S/C29H30ClFN2O3/c30-24-15-7-9-17-27(24)36-20-28(34)33(19-22-12-4-8-16-25(22)31)26(18-21-10-2-1-3-11-21)29(35)32-23-13-5-6-14-23/h1-4,7-12,15-17,23,26H,5-6,13-14,18-20H2,(H,32,35). The van der Waals surface area contributed by atoms with E-state index in [9.17, 15) is 14.0 Å². The van der Waals surface area contributed by atoms with Gasteiger partial charge in [0.25, 0.3) is 5.91 Å². The van der Waals surface area contributed by atoms with Crippen molar-refractivity contribution in [3.05, 3.63) is 101 Å². The van der Waals surface area contributed by atoms with Crippen LogP contribution in [0.2, 0.25) is 5.02 Å². The Hall–Kier alpha value is -3.38. The van der Waals surface area contributed by atoms with Gasteiger partial charge in [-0.3, -0.25) is 9.59 Å². The highest BCUT2D eigenvalue weighted by Crippen LogP contribution is 2.24. The van der Waals surface area contributed by atoms with Crippen molar-refractivity contribution in [2.45, 2.75) is 50.7 Å². The van der Waals surface area contributed by atoms with Crippen LogP contribution in [0.4, 0.5) is 4.39 Å². The van der Waals surface area contributed by atoms with E-state index in [1.165, 1.54) is 11.0 Å². The summed E-state index contributed by atoms with van der Waals surface area (Å²) in [6.07, 6.45) is 4.27. The van der Waals surface area contributed by atoms with E-state index in [1.54, 1.807) is 42.5 Å². The van der Waals surface area contributed by atoms with Crippen LogP contribution in [0, 0.1) is 5.82 Å². The molecule has 2 amide bonds. The zero-order valence-electron chi connectivity index (χ0n) is 20.0. The first-order chi connectivity index (χ1) is 17.5. The van der Waals surface area contributed by atoms with Gasteiger partial charge in [0, 0.05) is 24.6 Å². The third-order valence-corrected chi connectivity index (χ3v) is 6.77. The van der Waals surface area contributed by atoms with Gasteiger partial charge in [0.1, 0.15) is 17.6 Å². The number of halogens is 2. The predicted molar refractivity (Wildman–Crippen MR) is 138 cm³/mol. The number of benzene rings is 3. The number of carbonyl (C=O) groups excluding carboxylic acids is 2. The molecule has 3 aromatic rings. The topological polar surface area (TPSA) is 58.6 Å². The molecule has 1 N–H and O–H groups in total. The fourth-order valence-corrected chi connectivity index (χ4v) is 4.71. The fourth-order valence-electron chi connectivity index (χ4n) is 4.52. The van der Waals surface area contributed by atoms with Crippen LogP contribution in [0.15, 0.2) is 78.9 Å². The number of hydrogen-bond donors (Lipinski definition) is 1. The van der Waals surface area contributed by atoms with Crippen LogP contribution in [0.3, 0.4) is 0 Å². The van der Waals surface area contributed by atoms with Crippen LogP contribution in [0.25, 0.3) is 0 Å². The van der Waals surface area contributed by atoms with E-state index in [0.717, 1.165) is 31.2 Å². The number of amides is 2. The Balaban J connectivity index is 1.63. The average molecular weight is 509 g/mol. The summed E-state index contributed by atoms with van der Waals surface area (Å²) in [5.41, 5.74) is 1.23. The number of carbonyl (C=O) groups is 2. The van der Waals surface area contributed by atoms with Crippen molar-refractivity contribution >= 4 is 23.4 Å². The molecule has 4 rings (SSSR count). The molecule has 0 bridgehead atoms. The van der Waals surface area contributed by atoms with E-state index in [0.29, 0.717) is 22.8 Å². The number of hydrogen-bond acceptors (Lipinski definition) is 3. The normalized spacial score (nSPS) is 14.3. The summed E-state index contributed by atoms with van der Waals surface area (Å²) < 4.78 is 20.4. The van der Waals surface area contributed by atoms with E-state index in [2.05, 4.69) is 5.32 Å². The largest absolute Gasteiger partial charge is 0.482 e. The predicted octanol–water partition coefficient (Wildman–Crippen LogP) is 5.56. The van der Waals surface area contributed by atoms with Crippen molar-refractivity contribution in [2.24, 2.45) is 0 Å². The SMILES string of the molecule is O=C(NC1CCCC1)C(Cc1ccccc1)N(Cc1ccccc1F)C(=O)COc1ccccc1Cl. The average Bonchev–Trinajstić information content (AvgIpc) is 3.40. The molecule has 0 radical (unpaired) electrons. The fraction of sp³-hybridized carbons (Fsp3) is 0.310. The minimum absolute atomic E-state index is 0.0625. The molecule has 1 fully saturated rings. The van der Waals surface area contributed by atoms with E-state index >= 15 is 0 Å². The highest BCUT2D eigenvalue weighted by Gasteiger charge is 2.33. The number of para-hydroxylation sites is 1. The second kappa shape index (κ2) is 12.5. The van der Waals surface area contributed by atoms with E-state index in [1.807, 2.05) is 30.3 Å². The highest BCUT2D eigenvalue weighted by atomic mass is 35.5. The van der Waals surface area contributed by atoms with Gasteiger partial charge >= 0.3 is 0 Å². The Labute approximate surface area is 216 Å². The maximum absolute atomic E-state index is 14.6. The molecule has 0 aliphatic heterocycles. The smallest absolute Gasteiger partial charge is 0.261 e. The summed E-state index contributed by atoms with van der Waals surface area (Å²) in [5.74, 6) is -0.737. The highest BCUT2D eigenvalue weighted by molar-refractivity contribution is 6.32. The van der Waals surface area contributed by atoms with Gasteiger partial charge in [-0.15, -0.1) is 0 Å². The number of nitrogens with one attached hydrogen (secondary N) is 1. The molecule has 0 heterocycles. The molecule has 1 aliphatic carbocycles. The number of nitrogens with zero attached hydrogens (tertiary/aromatic N) is 1. The zero-order chi connectivity index (χ0) is 25.3. The van der Waals surface area contributed by atoms with Gasteiger partial charge in [-0.1, -0.05) is 85.1 Å². The van der Waals surface area contributed by atoms with E-state index in [-0.39, 0.29) is 25.1 Å². The molecule has 7 heteroatoms. The molecule has 1 atom stereocenters. The summed E-state index contributed by atoms with van der Waals surface area (Å²) in [6.45, 7) is -0.396. The van der Waals surface area contributed by atoms with Crippen LogP contribution in [0.1, 0.15) is 36.8 Å². The number of rotatable bonds is 10. The van der Waals surface area contributed by atoms with Crippen molar-refractivity contribution in [1.29, 1.82) is 0 Å². The first-order valence-electron chi connectivity index (χ1n) is 12.3. The Kier molecular flexibility index (Phi) is 8.95. The van der Waals surface area contributed by atoms with Gasteiger partial charge in [-0.05, 0) is 36.6 Å². The van der Waals surface area contributed by atoms with Gasteiger partial charge in [-0.2, -0.15) is 0 Å². The molecule has 1 saturated carbocycles. The van der Waals surface area contributed by atoms with Crippen molar-refractivity contribution < 1.29 is 18.7 Å². The lowest BCUT2D eigenvalue weighted by Crippen LogP contribution is -2.53. The first-order valence-corrected chi connectivity index (χ1v) is 12.6. The Morgan fingerprint density at radius 1 is 0.972 bits per heavy atom. The lowest BCUT2D eigenvalue weighted by molar-refractivity contribution is -0.143. The second-order valence-electron chi connectivity index (χ2n) is 9.03. The molecule has 0 spiro atoms. The summed E-state index contributed by atoms with van der Waals surface area (Å²) in [5, 5.41) is 3.51. The maximum Gasteiger partial charge on any atom is 0.261 e. The molecule has 1 aliphatic rings. The van der Waals surface area contributed by atoms with Crippen molar-refractivity contribution in [3.8, 4) is 5.75 Å². The summed E-state index contributed by atoms with van der Waals surface area (Å²) in [7, 11) is 0. The third-order valence-electron chi connectivity index (χ3n) is 6.46. The minimum Gasteiger partial charge on any atom is -0.482 e. The van der Waals surface area contributed by atoms with Crippen LogP contribution < -0.4 is 10.1 Å². The molecular weight excluding hydrogens is 479 g/mol. The lowest BCUT2D eigenvalue weighted by Gasteiger charge is -2.32. The van der Waals surface area contributed by atoms with Gasteiger partial charge in [0.2, 0.25) is 5.91 Å². The van der Waals surface area contributed by atoms with Crippen molar-refractivity contribution in [1.82, 2.24) is 10.2 Å². The molecule has 1 unspecified atom stereocenters. The Morgan fingerprint density at radius 2 is 1.64 bits per heavy atom. The Morgan fingerprint density at radius 3 is 2.36 bits per heavy atom. The molecule has 188 valence electrons. The van der Waals surface area contributed by atoms with Gasteiger partial charge in [0.15, 0.2) is 6.61 Å². The van der Waals surface area contributed by atoms with Gasteiger partial charge < -0.3 is 15.0 Å². The monoisotopic (exact) mass is 508 g/mol. The minimum atomic E-state index is -0.838. The molecule has 5 nitrogen and oxygen atoms in total. The van der Waals surface area contributed by atoms with Crippen molar-refractivity contribution in [2.75, 3.05) is 6.61 Å².